The number of anilines is 1. The molecule has 0 fully saturated rings. The predicted octanol–water partition coefficient (Wildman–Crippen LogP) is 2.92. The van der Waals surface area contributed by atoms with Crippen molar-refractivity contribution in [3.63, 3.8) is 0 Å². The van der Waals surface area contributed by atoms with Crippen LogP contribution >= 0.6 is 0 Å². The van der Waals surface area contributed by atoms with Crippen LogP contribution in [0.1, 0.15) is 48.4 Å². The molecule has 1 amide bonds. The van der Waals surface area contributed by atoms with E-state index in [1.165, 1.54) is 39.0 Å². The fraction of sp³-hybridized carbons (Fsp3) is 0.227. The van der Waals surface area contributed by atoms with Crippen molar-refractivity contribution in [2.24, 2.45) is 0 Å². The molecule has 0 aliphatic heterocycles. The minimum absolute atomic E-state index is 0.0161. The van der Waals surface area contributed by atoms with Crippen molar-refractivity contribution in [1.82, 2.24) is 0 Å². The maximum Gasteiger partial charge on any atom is 0.339 e. The molecule has 0 spiro atoms. The van der Waals surface area contributed by atoms with E-state index >= 15 is 0 Å². The Morgan fingerprint density at radius 1 is 0.774 bits per heavy atom. The molecule has 0 aromatic heterocycles. The zero-order chi connectivity index (χ0) is 23.1. The molecule has 9 heteroatoms. The second-order valence-electron chi connectivity index (χ2n) is 6.52. The molecule has 31 heavy (non-hydrogen) atoms. The third-order valence-electron chi connectivity index (χ3n) is 3.90. The predicted molar refractivity (Wildman–Crippen MR) is 109 cm³/mol. The van der Waals surface area contributed by atoms with Gasteiger partial charge in [-0.15, -0.1) is 0 Å². The Balaban J connectivity index is 2.08. The van der Waals surface area contributed by atoms with Gasteiger partial charge in [-0.25, -0.2) is 4.79 Å². The zero-order valence-corrected chi connectivity index (χ0v) is 17.4. The summed E-state index contributed by atoms with van der Waals surface area (Å²) in [7, 11) is 0. The molecule has 1 N–H and O–H groups in total. The number of nitrogens with one attached hydrogen (secondary N) is 1. The number of hydrogen-bond donors (Lipinski definition) is 1. The number of carbonyl (C=O) groups excluding carboxylic acids is 5. The molecule has 0 saturated heterocycles. The third kappa shape index (κ3) is 6.77. The molecule has 162 valence electrons. The fourth-order valence-electron chi connectivity index (χ4n) is 2.42. The van der Waals surface area contributed by atoms with Crippen molar-refractivity contribution < 1.29 is 38.2 Å². The molecule has 0 bridgehead atoms. The van der Waals surface area contributed by atoms with Gasteiger partial charge in [0, 0.05) is 25.1 Å². The summed E-state index contributed by atoms with van der Waals surface area (Å²) in [5.41, 5.74) is 0.914. The summed E-state index contributed by atoms with van der Waals surface area (Å²) in [6.07, 6.45) is -1.15. The summed E-state index contributed by atoms with van der Waals surface area (Å²) in [6.45, 7) is 5.14. The number of ether oxygens (including phenoxy) is 3. The highest BCUT2D eigenvalue weighted by molar-refractivity contribution is 5.98. The third-order valence-corrected chi connectivity index (χ3v) is 3.90. The van der Waals surface area contributed by atoms with E-state index in [1.54, 1.807) is 24.3 Å². The zero-order valence-electron chi connectivity index (χ0n) is 17.4. The van der Waals surface area contributed by atoms with Crippen molar-refractivity contribution in [2.45, 2.75) is 33.8 Å². The van der Waals surface area contributed by atoms with Crippen LogP contribution in [-0.4, -0.2) is 35.7 Å². The summed E-state index contributed by atoms with van der Waals surface area (Å²) in [6, 6.07) is 10.00. The highest BCUT2D eigenvalue weighted by Gasteiger charge is 2.21. The highest BCUT2D eigenvalue weighted by atomic mass is 16.6. The quantitative estimate of drug-likeness (QED) is 0.406. The van der Waals surface area contributed by atoms with Crippen LogP contribution in [-0.2, 0) is 19.1 Å². The SMILES string of the molecule is CC(=O)Oc1ccc(C(=O)OC(C)C(=O)Nc2ccc(C(C)=O)cc2)cc1OC(C)=O. The molecule has 0 radical (unpaired) electrons. The Morgan fingerprint density at radius 3 is 1.87 bits per heavy atom. The molecular formula is C22H21NO8. The lowest BCUT2D eigenvalue weighted by Gasteiger charge is -2.15. The van der Waals surface area contributed by atoms with Gasteiger partial charge in [-0.05, 0) is 56.3 Å². The van der Waals surface area contributed by atoms with E-state index in [9.17, 15) is 24.0 Å². The van der Waals surface area contributed by atoms with E-state index in [4.69, 9.17) is 14.2 Å². The van der Waals surface area contributed by atoms with Gasteiger partial charge in [0.2, 0.25) is 0 Å². The van der Waals surface area contributed by atoms with Gasteiger partial charge in [-0.1, -0.05) is 0 Å². The number of rotatable bonds is 7. The average molecular weight is 427 g/mol. The van der Waals surface area contributed by atoms with Crippen molar-refractivity contribution in [1.29, 1.82) is 0 Å². The van der Waals surface area contributed by atoms with Gasteiger partial charge in [0.25, 0.3) is 5.91 Å². The second-order valence-corrected chi connectivity index (χ2v) is 6.52. The van der Waals surface area contributed by atoms with Crippen LogP contribution < -0.4 is 14.8 Å². The Kier molecular flexibility index (Phi) is 7.62. The first-order chi connectivity index (χ1) is 14.6. The highest BCUT2D eigenvalue weighted by Crippen LogP contribution is 2.29. The number of benzene rings is 2. The van der Waals surface area contributed by atoms with Gasteiger partial charge in [-0.3, -0.25) is 19.2 Å². The Morgan fingerprint density at radius 2 is 1.32 bits per heavy atom. The first-order valence-corrected chi connectivity index (χ1v) is 9.20. The fourth-order valence-corrected chi connectivity index (χ4v) is 2.42. The van der Waals surface area contributed by atoms with Crippen molar-refractivity contribution in [2.75, 3.05) is 5.32 Å². The van der Waals surface area contributed by atoms with Crippen molar-refractivity contribution >= 4 is 35.3 Å². The lowest BCUT2D eigenvalue weighted by molar-refractivity contribution is -0.134. The van der Waals surface area contributed by atoms with Crippen molar-refractivity contribution in [3.05, 3.63) is 53.6 Å². The normalized spacial score (nSPS) is 11.1. The summed E-state index contributed by atoms with van der Waals surface area (Å²) in [5, 5.41) is 2.58. The van der Waals surface area contributed by atoms with Crippen molar-refractivity contribution in [3.8, 4) is 11.5 Å². The molecule has 0 aliphatic rings. The monoisotopic (exact) mass is 427 g/mol. The van der Waals surface area contributed by atoms with E-state index in [0.29, 0.717) is 11.3 Å². The number of esters is 3. The van der Waals surface area contributed by atoms with Crippen LogP contribution in [0.4, 0.5) is 5.69 Å². The van der Waals surface area contributed by atoms with E-state index in [-0.39, 0.29) is 22.8 Å². The Hall–Kier alpha value is -4.01. The van der Waals surface area contributed by atoms with Gasteiger partial charge in [0.1, 0.15) is 0 Å². The van der Waals surface area contributed by atoms with Gasteiger partial charge in [0.05, 0.1) is 5.56 Å². The first kappa shape index (κ1) is 23.3. The topological polar surface area (TPSA) is 125 Å². The van der Waals surface area contributed by atoms with Crippen LogP contribution in [0.5, 0.6) is 11.5 Å². The molecule has 0 saturated carbocycles. The first-order valence-electron chi connectivity index (χ1n) is 9.20. The van der Waals surface area contributed by atoms with Crippen LogP contribution in [0.25, 0.3) is 0 Å². The molecule has 0 aliphatic carbocycles. The molecule has 0 heterocycles. The molecule has 1 unspecified atom stereocenters. The number of Topliss-reactive ketones (excluding diaryl/α,β-unsaturated/α-hetero) is 1. The van der Waals surface area contributed by atoms with E-state index in [2.05, 4.69) is 5.32 Å². The smallest absolute Gasteiger partial charge is 0.339 e. The molecule has 9 nitrogen and oxygen atoms in total. The van der Waals surface area contributed by atoms with E-state index in [0.717, 1.165) is 6.92 Å². The summed E-state index contributed by atoms with van der Waals surface area (Å²) in [4.78, 5) is 58.5. The maximum absolute atomic E-state index is 12.4. The maximum atomic E-state index is 12.4. The average Bonchev–Trinajstić information content (AvgIpc) is 2.68. The molecular weight excluding hydrogens is 406 g/mol. The van der Waals surface area contributed by atoms with E-state index < -0.39 is 29.9 Å². The van der Waals surface area contributed by atoms with Crippen LogP contribution in [0.3, 0.4) is 0 Å². The minimum Gasteiger partial charge on any atom is -0.449 e. The lowest BCUT2D eigenvalue weighted by atomic mass is 10.1. The molecule has 2 rings (SSSR count). The molecule has 2 aromatic carbocycles. The standard InChI is InChI=1S/C22H21NO8/c1-12(24)16-5-8-18(9-6-16)23-21(27)13(2)29-22(28)17-7-10-19(30-14(3)25)20(11-17)31-15(4)26/h5-11,13H,1-4H3,(H,23,27). The largest absolute Gasteiger partial charge is 0.449 e. The van der Waals surface area contributed by atoms with Gasteiger partial charge in [0.15, 0.2) is 23.4 Å². The van der Waals surface area contributed by atoms with Crippen LogP contribution in [0.2, 0.25) is 0 Å². The molecule has 1 atom stereocenters. The minimum atomic E-state index is -1.15. The summed E-state index contributed by atoms with van der Waals surface area (Å²) < 4.78 is 15.1. The number of ketones is 1. The number of amides is 1. The number of hydrogen-bond acceptors (Lipinski definition) is 8. The second kappa shape index (κ2) is 10.1. The van der Waals surface area contributed by atoms with Crippen LogP contribution in [0, 0.1) is 0 Å². The Labute approximate surface area is 178 Å². The van der Waals surface area contributed by atoms with E-state index in [1.807, 2.05) is 0 Å². The number of carbonyl (C=O) groups is 5. The summed E-state index contributed by atoms with van der Waals surface area (Å²) in [5.74, 6) is -3.03. The lowest BCUT2D eigenvalue weighted by Crippen LogP contribution is -2.30. The van der Waals surface area contributed by atoms with Gasteiger partial charge < -0.3 is 19.5 Å². The van der Waals surface area contributed by atoms with Gasteiger partial charge >= 0.3 is 17.9 Å². The van der Waals surface area contributed by atoms with Gasteiger partial charge in [-0.2, -0.15) is 0 Å². The van der Waals surface area contributed by atoms with Crippen LogP contribution in [0.15, 0.2) is 42.5 Å². The molecule has 2 aromatic rings. The Bertz CT molecular complexity index is 1030. The summed E-state index contributed by atoms with van der Waals surface area (Å²) >= 11 is 0.